The van der Waals surface area contributed by atoms with Crippen LogP contribution < -0.4 is 14.5 Å². The van der Waals surface area contributed by atoms with Crippen LogP contribution in [-0.2, 0) is 10.0 Å². The number of nitrogens with one attached hydrogen (secondary N) is 1. The maximum absolute atomic E-state index is 13.0. The monoisotopic (exact) mass is 473 g/mol. The van der Waals surface area contributed by atoms with Crippen molar-refractivity contribution < 1.29 is 8.42 Å². The summed E-state index contributed by atoms with van der Waals surface area (Å²) in [5, 5.41) is 0. The van der Waals surface area contributed by atoms with Gasteiger partial charge in [-0.15, -0.1) is 0 Å². The highest BCUT2D eigenvalue weighted by atomic mass is 32.2. The Kier molecular flexibility index (Phi) is 6.47. The smallest absolute Gasteiger partial charge is 0.308 e. The molecule has 1 saturated heterocycles. The van der Waals surface area contributed by atoms with Crippen LogP contribution in [0, 0.1) is 5.92 Å². The second-order valence-electron chi connectivity index (χ2n) is 9.09. The fourth-order valence-corrected chi connectivity index (χ4v) is 6.82. The third-order valence-electron chi connectivity index (χ3n) is 6.16. The van der Waals surface area contributed by atoms with E-state index in [2.05, 4.69) is 28.7 Å². The number of aromatic nitrogens is 1. The predicted octanol–water partition coefficient (Wildman–Crippen LogP) is 4.92. The van der Waals surface area contributed by atoms with E-state index < -0.39 is 10.0 Å². The van der Waals surface area contributed by atoms with E-state index in [4.69, 9.17) is 0 Å². The van der Waals surface area contributed by atoms with Gasteiger partial charge in [0.1, 0.15) is 0 Å². The van der Waals surface area contributed by atoms with Crippen molar-refractivity contribution in [2.75, 3.05) is 18.0 Å². The minimum Gasteiger partial charge on any atom is -0.371 e. The molecule has 6 nitrogen and oxygen atoms in total. The number of rotatable bonds is 6. The highest BCUT2D eigenvalue weighted by Gasteiger charge is 2.21. The van der Waals surface area contributed by atoms with Crippen LogP contribution in [-0.4, -0.2) is 26.1 Å². The molecule has 0 bridgehead atoms. The molecule has 0 aliphatic carbocycles. The van der Waals surface area contributed by atoms with E-state index in [1.54, 1.807) is 22.8 Å². The van der Waals surface area contributed by atoms with Gasteiger partial charge in [0.2, 0.25) is 10.0 Å². The first kappa shape index (κ1) is 23.0. The third kappa shape index (κ3) is 4.63. The van der Waals surface area contributed by atoms with Crippen LogP contribution in [0.15, 0.2) is 52.2 Å². The number of piperidine rings is 1. The Bertz CT molecular complexity index is 1260. The van der Waals surface area contributed by atoms with Crippen LogP contribution >= 0.6 is 11.3 Å². The normalized spacial score (nSPS) is 18.4. The van der Waals surface area contributed by atoms with Crippen molar-refractivity contribution in [2.24, 2.45) is 5.92 Å². The molecule has 4 rings (SSSR count). The Morgan fingerprint density at radius 1 is 1.09 bits per heavy atom. The van der Waals surface area contributed by atoms with Gasteiger partial charge in [0.25, 0.3) is 0 Å². The lowest BCUT2D eigenvalue weighted by atomic mass is 9.99. The molecule has 1 aliphatic rings. The van der Waals surface area contributed by atoms with Crippen molar-refractivity contribution in [3.63, 3.8) is 0 Å². The molecule has 1 aliphatic heterocycles. The average Bonchev–Trinajstić information content (AvgIpc) is 3.08. The molecular formula is C24H31N3O3S2. The Labute approximate surface area is 193 Å². The molecule has 1 N–H and O–H groups in total. The minimum atomic E-state index is -3.73. The number of benzene rings is 2. The first-order valence-electron chi connectivity index (χ1n) is 11.2. The molecule has 2 heterocycles. The van der Waals surface area contributed by atoms with Gasteiger partial charge in [0.05, 0.1) is 15.1 Å². The molecule has 1 fully saturated rings. The highest BCUT2D eigenvalue weighted by Crippen LogP contribution is 2.27. The summed E-state index contributed by atoms with van der Waals surface area (Å²) < 4.78 is 31.2. The van der Waals surface area contributed by atoms with Gasteiger partial charge >= 0.3 is 4.87 Å². The van der Waals surface area contributed by atoms with Crippen LogP contribution in [0.3, 0.4) is 0 Å². The van der Waals surface area contributed by atoms with Gasteiger partial charge in [-0.05, 0) is 75.4 Å². The zero-order valence-electron chi connectivity index (χ0n) is 19.0. The summed E-state index contributed by atoms with van der Waals surface area (Å²) in [4.78, 5) is 14.8. The average molecular weight is 474 g/mol. The van der Waals surface area contributed by atoms with Crippen LogP contribution in [0.4, 0.5) is 5.69 Å². The summed E-state index contributed by atoms with van der Waals surface area (Å²) in [6.45, 7) is 10.2. The highest BCUT2D eigenvalue weighted by molar-refractivity contribution is 7.89. The zero-order chi connectivity index (χ0) is 23.0. The number of anilines is 1. The molecule has 172 valence electrons. The first-order chi connectivity index (χ1) is 15.2. The summed E-state index contributed by atoms with van der Waals surface area (Å²) in [6.07, 6.45) is 2.48. The Morgan fingerprint density at radius 3 is 2.47 bits per heavy atom. The standard InChI is InChI=1S/C24H31N3O3S2/c1-16(2)27-22-12-11-21(14-23(22)31-24(27)28)32(29,30)25-18(4)19-7-9-20(10-8-19)26-13-5-6-17(3)15-26/h7-12,14,16-18,25H,5-6,13,15H2,1-4H3/t17-,18-/m1/s1. The second kappa shape index (κ2) is 9.00. The van der Waals surface area contributed by atoms with E-state index in [0.29, 0.717) is 10.6 Å². The third-order valence-corrected chi connectivity index (χ3v) is 8.62. The van der Waals surface area contributed by atoms with E-state index in [-0.39, 0.29) is 21.9 Å². The van der Waals surface area contributed by atoms with Gasteiger partial charge in [-0.2, -0.15) is 0 Å². The van der Waals surface area contributed by atoms with Crippen molar-refractivity contribution in [1.82, 2.24) is 9.29 Å². The number of sulfonamides is 1. The Hall–Kier alpha value is -2.16. The largest absolute Gasteiger partial charge is 0.371 e. The molecule has 8 heteroatoms. The molecular weight excluding hydrogens is 442 g/mol. The molecule has 1 aromatic heterocycles. The molecule has 0 amide bonds. The van der Waals surface area contributed by atoms with E-state index in [9.17, 15) is 13.2 Å². The molecule has 2 aromatic carbocycles. The maximum atomic E-state index is 13.0. The summed E-state index contributed by atoms with van der Waals surface area (Å²) in [6, 6.07) is 12.7. The van der Waals surface area contributed by atoms with Crippen molar-refractivity contribution in [2.45, 2.75) is 57.5 Å². The topological polar surface area (TPSA) is 71.4 Å². The number of nitrogens with zero attached hydrogens (tertiary/aromatic N) is 2. The fraction of sp³-hybridized carbons (Fsp3) is 0.458. The lowest BCUT2D eigenvalue weighted by molar-refractivity contribution is 0.447. The summed E-state index contributed by atoms with van der Waals surface area (Å²) in [5.41, 5.74) is 2.87. The lowest BCUT2D eigenvalue weighted by Crippen LogP contribution is -2.34. The van der Waals surface area contributed by atoms with Crippen molar-refractivity contribution in [3.05, 3.63) is 57.7 Å². The predicted molar refractivity (Wildman–Crippen MR) is 132 cm³/mol. The summed E-state index contributed by atoms with van der Waals surface area (Å²) in [7, 11) is -3.73. The van der Waals surface area contributed by atoms with Crippen LogP contribution in [0.1, 0.15) is 58.2 Å². The van der Waals surface area contributed by atoms with Gasteiger partial charge in [-0.3, -0.25) is 9.36 Å². The van der Waals surface area contributed by atoms with Gasteiger partial charge in [0, 0.05) is 30.9 Å². The van der Waals surface area contributed by atoms with Crippen LogP contribution in [0.5, 0.6) is 0 Å². The van der Waals surface area contributed by atoms with E-state index in [1.807, 2.05) is 32.9 Å². The number of fused-ring (bicyclic) bond motifs is 1. The van der Waals surface area contributed by atoms with E-state index >= 15 is 0 Å². The number of thiazole rings is 1. The SMILES string of the molecule is CC(C)n1c(=O)sc2cc(S(=O)(=O)N[C@H](C)c3ccc(N4CCC[C@@H](C)C4)cc3)ccc21. The number of hydrogen-bond donors (Lipinski definition) is 1. The Morgan fingerprint density at radius 2 is 1.81 bits per heavy atom. The zero-order valence-corrected chi connectivity index (χ0v) is 20.7. The van der Waals surface area contributed by atoms with Gasteiger partial charge < -0.3 is 4.90 Å². The van der Waals surface area contributed by atoms with Crippen molar-refractivity contribution >= 4 is 37.3 Å². The van der Waals surface area contributed by atoms with E-state index in [1.165, 1.54) is 18.5 Å². The van der Waals surface area contributed by atoms with Gasteiger partial charge in [-0.1, -0.05) is 30.4 Å². The molecule has 3 aromatic rings. The molecule has 32 heavy (non-hydrogen) atoms. The molecule has 0 spiro atoms. The molecule has 0 radical (unpaired) electrons. The van der Waals surface area contributed by atoms with Crippen LogP contribution in [0.2, 0.25) is 0 Å². The minimum absolute atomic E-state index is 0.0213. The summed E-state index contributed by atoms with van der Waals surface area (Å²) >= 11 is 1.08. The molecule has 2 atom stereocenters. The quantitative estimate of drug-likeness (QED) is 0.552. The van der Waals surface area contributed by atoms with Gasteiger partial charge in [-0.25, -0.2) is 13.1 Å². The molecule has 0 saturated carbocycles. The number of hydrogen-bond acceptors (Lipinski definition) is 5. The van der Waals surface area contributed by atoms with Gasteiger partial charge in [0.15, 0.2) is 0 Å². The lowest BCUT2D eigenvalue weighted by Gasteiger charge is -2.33. The first-order valence-corrected chi connectivity index (χ1v) is 13.5. The fourth-order valence-electron chi connectivity index (χ4n) is 4.44. The maximum Gasteiger partial charge on any atom is 0.308 e. The molecule has 0 unspecified atom stereocenters. The second-order valence-corrected chi connectivity index (χ2v) is 11.8. The van der Waals surface area contributed by atoms with Crippen molar-refractivity contribution in [3.8, 4) is 0 Å². The Balaban J connectivity index is 1.52. The summed E-state index contributed by atoms with van der Waals surface area (Å²) in [5.74, 6) is 0.697. The van der Waals surface area contributed by atoms with Crippen LogP contribution in [0.25, 0.3) is 10.2 Å². The van der Waals surface area contributed by atoms with Crippen molar-refractivity contribution in [1.29, 1.82) is 0 Å². The van der Waals surface area contributed by atoms with E-state index in [0.717, 1.165) is 35.5 Å².